The van der Waals surface area contributed by atoms with E-state index in [0.29, 0.717) is 86.0 Å². The molecular weight excluding hydrogens is 1950 g/mol. The van der Waals surface area contributed by atoms with Crippen LogP contribution in [0, 0.1) is 0 Å². The Hall–Kier alpha value is -16.5. The van der Waals surface area contributed by atoms with Crippen LogP contribution in [0.1, 0.15) is 96.4 Å². The van der Waals surface area contributed by atoms with Gasteiger partial charge in [-0.15, -0.1) is 0 Å². The number of alkyl halides is 12. The summed E-state index contributed by atoms with van der Waals surface area (Å²) in [5.41, 5.74) is 41.8. The molecule has 772 valence electrons. The number of nitrogen functional groups attached to an aromatic ring is 4. The second-order valence-electron chi connectivity index (χ2n) is 37.5. The lowest BCUT2D eigenvalue weighted by Crippen LogP contribution is -2.41. The summed E-state index contributed by atoms with van der Waals surface area (Å²) >= 11 is 0. The predicted molar refractivity (Wildman–Crippen MR) is 544 cm³/mol. The summed E-state index contributed by atoms with van der Waals surface area (Å²) in [6.45, 7) is 4.79. The van der Waals surface area contributed by atoms with Crippen LogP contribution in [0.15, 0.2) is 218 Å². The Morgan fingerprint density at radius 3 is 0.846 bits per heavy atom. The molecule has 8 aromatic carbocycles. The lowest BCUT2D eigenvalue weighted by atomic mass is 9.95. The Kier molecular flexibility index (Phi) is 27.8. The molecule has 8 amide bonds. The smallest absolute Gasteiger partial charge is 0.395 e. The number of hydrogen-bond donors (Lipinski definition) is 14. The number of pyridine rings is 4. The standard InChI is InChI=1S/C29H30F3N7O2.C26H25F3N6O2.C25H23F3N6O2.C24H22F3N7O/c1-38-26-24(25(33)37-38)22(16-23(36-26)28(9-10-28)17-39-11-13-41-14-12-39)18-5-7-20(8-6-18)34-27(40)35-21-4-2-3-19(15-21)29(30,31)32;1-35-23-21(22(30)34-35)19(13-20(33-23)25(10-11-25)14-37-2)15-6-8-17(9-7-15)31-24(36)32-18-5-3-4-16(12-18)26(27,28)29;1-34-22-20(21(29)33-34)18(12-19(32-22)24(13-35)9-10-24)14-5-7-16(8-6-14)30-23(36)31-17-4-2-3-15(11-17)25(26,27)28;1-34-21-19(20(28)33-34)17(12-18(32-21)23(29)9-10-23)13-5-7-15(8-6-13)30-22(35)31-16-4-2-3-14(11-16)24(25,26)27/h2-8,15-16H,9-14,17H2,1H3,(H2,33,37)(H2,34,35,40);3-9,12-13H,10-11,14H2,1-2H3,(H2,30,34)(H2,31,32,36);2-8,11-12,35H,9-10,13H2,1H3,(H2,29,33)(H2,30,31,36);2-8,11-12H,9-10,29H2,1H3,(H2,28,33)(H2,30,31,35). The lowest BCUT2D eigenvalue weighted by molar-refractivity contribution is -0.138. The third-order valence-electron chi connectivity index (χ3n) is 26.7. The Morgan fingerprint density at radius 1 is 0.349 bits per heavy atom. The Morgan fingerprint density at radius 2 is 0.597 bits per heavy atom. The van der Waals surface area contributed by atoms with E-state index in [1.165, 1.54) is 48.5 Å². The third-order valence-corrected chi connectivity index (χ3v) is 26.7. The van der Waals surface area contributed by atoms with Crippen LogP contribution < -0.4 is 71.2 Å². The fourth-order valence-corrected chi connectivity index (χ4v) is 18.1. The van der Waals surface area contributed by atoms with Crippen LogP contribution in [-0.2, 0) is 84.2 Å². The quantitative estimate of drug-likeness (QED) is 0.0297. The number of amides is 8. The van der Waals surface area contributed by atoms with Gasteiger partial charge in [0.2, 0.25) is 0 Å². The average Bonchev–Trinajstić information content (AvgIpc) is 1.58. The number of carbonyl (C=O) groups is 4. The van der Waals surface area contributed by atoms with E-state index in [1.54, 1.807) is 120 Å². The Labute approximate surface area is 841 Å². The van der Waals surface area contributed by atoms with Gasteiger partial charge >= 0.3 is 48.8 Å². The molecule has 0 unspecified atom stereocenters. The van der Waals surface area contributed by atoms with E-state index in [4.69, 9.17) is 58.1 Å². The van der Waals surface area contributed by atoms with Crippen molar-refractivity contribution in [1.82, 2.24) is 64.0 Å². The van der Waals surface area contributed by atoms with Gasteiger partial charge in [-0.1, -0.05) is 72.8 Å². The van der Waals surface area contributed by atoms with Crippen LogP contribution in [-0.4, -0.2) is 146 Å². The number of halogens is 12. The molecule has 21 rings (SSSR count). The summed E-state index contributed by atoms with van der Waals surface area (Å²) in [6.07, 6.45) is -10.5. The molecule has 16 aromatic rings. The van der Waals surface area contributed by atoms with Crippen LogP contribution in [0.5, 0.6) is 0 Å². The van der Waals surface area contributed by atoms with Crippen molar-refractivity contribution in [2.45, 2.75) is 97.9 Å². The number of carbonyl (C=O) groups excluding carboxylic acids is 4. The number of anilines is 12. The van der Waals surface area contributed by atoms with E-state index in [9.17, 15) is 77.0 Å². The molecule has 0 radical (unpaired) electrons. The zero-order chi connectivity index (χ0) is 106. The molecule has 19 N–H and O–H groups in total. The number of hydrogen-bond acceptors (Lipinski definition) is 21. The molecule has 1 saturated heterocycles. The minimum atomic E-state index is -4.50. The average molecular weight is 2050 g/mol. The van der Waals surface area contributed by atoms with Crippen molar-refractivity contribution in [2.75, 3.05) is 119 Å². The first-order valence-electron chi connectivity index (χ1n) is 47.0. The normalized spacial score (nSPS) is 15.2. The van der Waals surface area contributed by atoms with Gasteiger partial charge in [-0.05, 0) is 241 Å². The number of morpholine rings is 1. The van der Waals surface area contributed by atoms with Crippen molar-refractivity contribution in [3.63, 3.8) is 0 Å². The van der Waals surface area contributed by atoms with Crippen LogP contribution >= 0.6 is 0 Å². The predicted octanol–water partition coefficient (Wildman–Crippen LogP) is 20.5. The van der Waals surface area contributed by atoms with Crippen LogP contribution in [0.25, 0.3) is 88.6 Å². The number of aliphatic hydroxyl groups is 1. The van der Waals surface area contributed by atoms with Gasteiger partial charge in [0.1, 0.15) is 0 Å². The molecule has 4 aliphatic carbocycles. The summed E-state index contributed by atoms with van der Waals surface area (Å²) < 4.78 is 173. The van der Waals surface area contributed by atoms with Gasteiger partial charge in [-0.3, -0.25) is 4.90 Å². The summed E-state index contributed by atoms with van der Waals surface area (Å²) in [5, 5.41) is 50.4. The topological polar surface area (TPSA) is 459 Å². The van der Waals surface area contributed by atoms with Crippen molar-refractivity contribution in [3.05, 3.63) is 263 Å². The van der Waals surface area contributed by atoms with E-state index < -0.39 is 76.6 Å². The number of ether oxygens (including phenoxy) is 2. The zero-order valence-corrected chi connectivity index (χ0v) is 80.5. The van der Waals surface area contributed by atoms with Crippen molar-refractivity contribution >= 4 is 137 Å². The zero-order valence-electron chi connectivity index (χ0n) is 80.5. The number of rotatable bonds is 21. The van der Waals surface area contributed by atoms with Crippen LogP contribution in [0.3, 0.4) is 0 Å². The third kappa shape index (κ3) is 22.7. The number of methoxy groups -OCH3 is 1. The van der Waals surface area contributed by atoms with Gasteiger partial charge in [-0.25, -0.2) is 57.8 Å². The fourth-order valence-electron chi connectivity index (χ4n) is 18.1. The highest BCUT2D eigenvalue weighted by Gasteiger charge is 2.50. The van der Waals surface area contributed by atoms with Gasteiger partial charge in [0, 0.05) is 117 Å². The molecule has 9 heterocycles. The van der Waals surface area contributed by atoms with Crippen LogP contribution in [0.2, 0.25) is 0 Å². The van der Waals surface area contributed by atoms with Crippen LogP contribution in [0.4, 0.5) is 141 Å². The largest absolute Gasteiger partial charge is 0.416 e. The first-order chi connectivity index (χ1) is 70.8. The number of nitrogens with zero attached hydrogens (tertiary/aromatic N) is 13. The number of aryl methyl sites for hydroxylation is 4. The minimum Gasteiger partial charge on any atom is -0.395 e. The Bertz CT molecular complexity index is 7780. The molecular formula is C104H100F12N26O7. The lowest BCUT2D eigenvalue weighted by Gasteiger charge is -2.30. The number of nitrogens with one attached hydrogen (secondary N) is 8. The molecule has 5 fully saturated rings. The first-order valence-corrected chi connectivity index (χ1v) is 47.0. The van der Waals surface area contributed by atoms with Crippen molar-refractivity contribution in [3.8, 4) is 44.5 Å². The van der Waals surface area contributed by atoms with E-state index in [-0.39, 0.29) is 45.6 Å². The second kappa shape index (κ2) is 40.4. The van der Waals surface area contributed by atoms with Crippen molar-refractivity contribution in [2.24, 2.45) is 33.9 Å². The van der Waals surface area contributed by atoms with Gasteiger partial charge in [0.15, 0.2) is 45.9 Å². The molecule has 149 heavy (non-hydrogen) atoms. The summed E-state index contributed by atoms with van der Waals surface area (Å²) in [5.74, 6) is 1.43. The minimum absolute atomic E-state index is 0.00211. The second-order valence-corrected chi connectivity index (χ2v) is 37.5. The van der Waals surface area contributed by atoms with E-state index in [2.05, 4.69) is 73.9 Å². The van der Waals surface area contributed by atoms with E-state index >= 15 is 0 Å². The van der Waals surface area contributed by atoms with Crippen molar-refractivity contribution in [1.29, 1.82) is 0 Å². The maximum Gasteiger partial charge on any atom is 0.416 e. The van der Waals surface area contributed by atoms with Gasteiger partial charge in [0.05, 0.1) is 98.5 Å². The number of benzene rings is 8. The number of aromatic nitrogens is 12. The number of urea groups is 4. The number of nitrogens with two attached hydrogens (primary N) is 5. The molecule has 45 heteroatoms. The molecule has 0 bridgehead atoms. The van der Waals surface area contributed by atoms with E-state index in [0.717, 1.165) is 211 Å². The van der Waals surface area contributed by atoms with Gasteiger partial charge < -0.3 is 85.8 Å². The first kappa shape index (κ1) is 102. The SMILES string of the molecule is COCC1(c2cc(-c3ccc(NC(=O)Nc4cccc(C(F)(F)F)c4)cc3)c3c(N)nn(C)c3n2)CC1.Cn1nc(N)c2c(-c3ccc(NC(=O)Nc4cccc(C(F)(F)F)c4)cc3)cc(C3(CN4CCOCC4)CC3)nc21.Cn1nc(N)c2c(-c3ccc(NC(=O)Nc4cccc(C(F)(F)F)c4)cc3)cc(C3(CO)CC3)nc21.Cn1nc(N)c2c(-c3ccc(NC(=O)Nc4cccc(C(F)(F)F)c4)cc3)cc(C3(N)CC3)nc21. The monoisotopic (exact) mass is 2050 g/mol. The van der Waals surface area contributed by atoms with Gasteiger partial charge in [-0.2, -0.15) is 73.1 Å². The maximum atomic E-state index is 13.0. The van der Waals surface area contributed by atoms with Crippen molar-refractivity contribution < 1.29 is 86.4 Å². The highest BCUT2D eigenvalue weighted by atomic mass is 19.4. The molecule has 4 saturated carbocycles. The molecule has 1 aliphatic heterocycles. The maximum absolute atomic E-state index is 13.0. The summed E-state index contributed by atoms with van der Waals surface area (Å²) in [4.78, 5) is 71.3. The number of fused-ring (bicyclic) bond motifs is 4. The van der Waals surface area contributed by atoms with E-state index in [1.807, 2.05) is 49.5 Å². The molecule has 5 aliphatic rings. The molecule has 0 spiro atoms. The van der Waals surface area contributed by atoms with Gasteiger partial charge in [0.25, 0.3) is 0 Å². The Balaban J connectivity index is 0.000000130. The summed E-state index contributed by atoms with van der Waals surface area (Å²) in [6, 6.07) is 51.3. The fraction of sp³-hybridized carbons (Fsp3) is 0.269. The molecule has 0 atom stereocenters. The number of aliphatic hydroxyl groups excluding tert-OH is 1. The molecule has 8 aromatic heterocycles. The molecule has 33 nitrogen and oxygen atoms in total. The summed E-state index contributed by atoms with van der Waals surface area (Å²) in [7, 11) is 8.83. The highest BCUT2D eigenvalue weighted by Crippen LogP contribution is 2.54. The highest BCUT2D eigenvalue weighted by molar-refractivity contribution is 6.07.